The predicted octanol–water partition coefficient (Wildman–Crippen LogP) is 3.79. The van der Waals surface area contributed by atoms with Crippen LogP contribution in [0.5, 0.6) is 0 Å². The first-order valence-electron chi connectivity index (χ1n) is 6.57. The zero-order chi connectivity index (χ0) is 11.2. The van der Waals surface area contributed by atoms with Gasteiger partial charge in [-0.05, 0) is 25.7 Å². The average Bonchev–Trinajstić information content (AvgIpc) is 2.26. The minimum absolute atomic E-state index is 0.921. The van der Waals surface area contributed by atoms with Gasteiger partial charge in [-0.1, -0.05) is 33.1 Å². The second kappa shape index (κ2) is 13.9. The number of rotatable bonds is 12. The maximum Gasteiger partial charge on any atom is 0.0466 e. The van der Waals surface area contributed by atoms with Gasteiger partial charge in [-0.2, -0.15) is 0 Å². The summed E-state index contributed by atoms with van der Waals surface area (Å²) in [5.41, 5.74) is 0. The number of hydrogen-bond acceptors (Lipinski definition) is 2. The van der Waals surface area contributed by atoms with E-state index in [4.69, 9.17) is 9.47 Å². The van der Waals surface area contributed by atoms with Gasteiger partial charge in [0.2, 0.25) is 0 Å². The van der Waals surface area contributed by atoms with Crippen LogP contribution in [0.3, 0.4) is 0 Å². The molecule has 0 rings (SSSR count). The largest absolute Gasteiger partial charge is 0.381 e. The molecule has 0 spiro atoms. The van der Waals surface area contributed by atoms with Gasteiger partial charge >= 0.3 is 0 Å². The third-order valence-corrected chi connectivity index (χ3v) is 2.27. The van der Waals surface area contributed by atoms with Crippen LogP contribution in [0, 0.1) is 0 Å². The van der Waals surface area contributed by atoms with E-state index in [9.17, 15) is 0 Å². The van der Waals surface area contributed by atoms with Gasteiger partial charge in [0.15, 0.2) is 0 Å². The number of unbranched alkanes of at least 4 members (excludes halogenated alkanes) is 4. The summed E-state index contributed by atoms with van der Waals surface area (Å²) in [4.78, 5) is 0. The van der Waals surface area contributed by atoms with Crippen molar-refractivity contribution in [2.45, 2.75) is 58.8 Å². The van der Waals surface area contributed by atoms with Crippen molar-refractivity contribution in [2.24, 2.45) is 0 Å². The Balaban J connectivity index is 2.81. The normalized spacial score (nSPS) is 10.8. The van der Waals surface area contributed by atoms with Crippen molar-refractivity contribution in [3.63, 3.8) is 0 Å². The summed E-state index contributed by atoms with van der Waals surface area (Å²) in [6.45, 7) is 8.03. The van der Waals surface area contributed by atoms with Gasteiger partial charge in [0, 0.05) is 26.4 Å². The Labute approximate surface area is 95.3 Å². The van der Waals surface area contributed by atoms with Crippen molar-refractivity contribution in [1.82, 2.24) is 0 Å². The van der Waals surface area contributed by atoms with Gasteiger partial charge in [0.25, 0.3) is 0 Å². The van der Waals surface area contributed by atoms with Gasteiger partial charge < -0.3 is 9.47 Å². The highest BCUT2D eigenvalue weighted by Gasteiger charge is 1.91. The molecule has 0 N–H and O–H groups in total. The molecule has 0 bridgehead atoms. The van der Waals surface area contributed by atoms with Crippen molar-refractivity contribution >= 4 is 0 Å². The van der Waals surface area contributed by atoms with E-state index in [0.717, 1.165) is 39.3 Å². The standard InChI is InChI=1S/C13H28O2/c1-3-10-14-12-8-6-5-7-9-13-15-11-4-2/h3-13H2,1-2H3. The van der Waals surface area contributed by atoms with Crippen molar-refractivity contribution in [2.75, 3.05) is 26.4 Å². The monoisotopic (exact) mass is 216 g/mol. The van der Waals surface area contributed by atoms with Crippen molar-refractivity contribution in [3.05, 3.63) is 0 Å². The lowest BCUT2D eigenvalue weighted by Crippen LogP contribution is -1.97. The van der Waals surface area contributed by atoms with Gasteiger partial charge in [0.05, 0.1) is 0 Å². The van der Waals surface area contributed by atoms with E-state index in [2.05, 4.69) is 13.8 Å². The first-order valence-corrected chi connectivity index (χ1v) is 6.57. The Morgan fingerprint density at radius 3 is 1.33 bits per heavy atom. The Morgan fingerprint density at radius 1 is 0.533 bits per heavy atom. The molecule has 2 heteroatoms. The third kappa shape index (κ3) is 13.9. The molecule has 15 heavy (non-hydrogen) atoms. The molecule has 0 aromatic rings. The smallest absolute Gasteiger partial charge is 0.0466 e. The van der Waals surface area contributed by atoms with Crippen molar-refractivity contribution in [1.29, 1.82) is 0 Å². The summed E-state index contributed by atoms with van der Waals surface area (Å²) >= 11 is 0. The molecule has 0 aliphatic heterocycles. The summed E-state index contributed by atoms with van der Waals surface area (Å²) in [5, 5.41) is 0. The first-order chi connectivity index (χ1) is 7.41. The molecular weight excluding hydrogens is 188 g/mol. The molecule has 0 fully saturated rings. The highest BCUT2D eigenvalue weighted by atomic mass is 16.5. The molecule has 0 aliphatic rings. The molecule has 0 saturated carbocycles. The summed E-state index contributed by atoms with van der Waals surface area (Å²) in [6.07, 6.45) is 8.63. The molecule has 0 aromatic carbocycles. The fraction of sp³-hybridized carbons (Fsp3) is 1.00. The molecule has 0 aliphatic carbocycles. The fourth-order valence-corrected chi connectivity index (χ4v) is 1.43. The summed E-state index contributed by atoms with van der Waals surface area (Å²) in [5.74, 6) is 0. The molecule has 0 aromatic heterocycles. The highest BCUT2D eigenvalue weighted by Crippen LogP contribution is 2.03. The minimum atomic E-state index is 0.921. The lowest BCUT2D eigenvalue weighted by atomic mass is 10.1. The van der Waals surface area contributed by atoms with Gasteiger partial charge in [-0.3, -0.25) is 0 Å². The van der Waals surface area contributed by atoms with Gasteiger partial charge in [-0.25, -0.2) is 0 Å². The van der Waals surface area contributed by atoms with E-state index in [0.29, 0.717) is 0 Å². The van der Waals surface area contributed by atoms with E-state index in [1.165, 1.54) is 32.1 Å². The molecule has 0 unspecified atom stereocenters. The van der Waals surface area contributed by atoms with Crippen LogP contribution >= 0.6 is 0 Å². The van der Waals surface area contributed by atoms with Crippen molar-refractivity contribution < 1.29 is 9.47 Å². The van der Waals surface area contributed by atoms with Crippen LogP contribution < -0.4 is 0 Å². The van der Waals surface area contributed by atoms with Crippen LogP contribution in [0.25, 0.3) is 0 Å². The number of ether oxygens (including phenoxy) is 2. The maximum atomic E-state index is 5.42. The van der Waals surface area contributed by atoms with Crippen LogP contribution in [0.4, 0.5) is 0 Å². The molecule has 0 saturated heterocycles. The minimum Gasteiger partial charge on any atom is -0.381 e. The Hall–Kier alpha value is -0.0800. The Kier molecular flexibility index (Phi) is 13.8. The van der Waals surface area contributed by atoms with Gasteiger partial charge in [0.1, 0.15) is 0 Å². The van der Waals surface area contributed by atoms with E-state index < -0.39 is 0 Å². The SMILES string of the molecule is CCCOCCCCCCCOCCC. The molecule has 0 atom stereocenters. The van der Waals surface area contributed by atoms with Crippen LogP contribution in [-0.4, -0.2) is 26.4 Å². The topological polar surface area (TPSA) is 18.5 Å². The second-order valence-electron chi connectivity index (χ2n) is 3.99. The maximum absolute atomic E-state index is 5.42. The van der Waals surface area contributed by atoms with E-state index >= 15 is 0 Å². The molecule has 2 nitrogen and oxygen atoms in total. The summed E-state index contributed by atoms with van der Waals surface area (Å²) in [7, 11) is 0. The predicted molar refractivity (Wildman–Crippen MR) is 65.3 cm³/mol. The second-order valence-corrected chi connectivity index (χ2v) is 3.99. The lowest BCUT2D eigenvalue weighted by Gasteiger charge is -2.03. The molecule has 92 valence electrons. The molecule has 0 heterocycles. The van der Waals surface area contributed by atoms with Crippen LogP contribution in [0.2, 0.25) is 0 Å². The number of hydrogen-bond donors (Lipinski definition) is 0. The first kappa shape index (κ1) is 14.9. The van der Waals surface area contributed by atoms with E-state index in [-0.39, 0.29) is 0 Å². The van der Waals surface area contributed by atoms with Crippen LogP contribution in [0.15, 0.2) is 0 Å². The van der Waals surface area contributed by atoms with Crippen molar-refractivity contribution in [3.8, 4) is 0 Å². The van der Waals surface area contributed by atoms with Crippen LogP contribution in [-0.2, 0) is 9.47 Å². The summed E-state index contributed by atoms with van der Waals surface area (Å²) < 4.78 is 10.8. The molecular formula is C13H28O2. The van der Waals surface area contributed by atoms with E-state index in [1.54, 1.807) is 0 Å². The third-order valence-electron chi connectivity index (χ3n) is 2.27. The quantitative estimate of drug-likeness (QED) is 0.462. The Bertz CT molecular complexity index is 92.7. The zero-order valence-corrected chi connectivity index (χ0v) is 10.6. The lowest BCUT2D eigenvalue weighted by molar-refractivity contribution is 0.126. The van der Waals surface area contributed by atoms with E-state index in [1.807, 2.05) is 0 Å². The molecule has 0 amide bonds. The average molecular weight is 216 g/mol. The fourth-order valence-electron chi connectivity index (χ4n) is 1.43. The van der Waals surface area contributed by atoms with Crippen LogP contribution in [0.1, 0.15) is 58.8 Å². The molecule has 0 radical (unpaired) electrons. The van der Waals surface area contributed by atoms with Gasteiger partial charge in [-0.15, -0.1) is 0 Å². The Morgan fingerprint density at radius 2 is 0.933 bits per heavy atom. The highest BCUT2D eigenvalue weighted by molar-refractivity contribution is 4.44. The zero-order valence-electron chi connectivity index (χ0n) is 10.6. The summed E-state index contributed by atoms with van der Waals surface area (Å²) in [6, 6.07) is 0.